The lowest BCUT2D eigenvalue weighted by Gasteiger charge is -2.31. The van der Waals surface area contributed by atoms with Gasteiger partial charge < -0.3 is 20.4 Å². The van der Waals surface area contributed by atoms with Crippen LogP contribution in [0.5, 0.6) is 0 Å². The second-order valence-corrected chi connectivity index (χ2v) is 8.10. The number of amides is 2. The van der Waals surface area contributed by atoms with E-state index in [1.807, 2.05) is 13.0 Å². The van der Waals surface area contributed by atoms with Crippen molar-refractivity contribution in [3.8, 4) is 0 Å². The van der Waals surface area contributed by atoms with Crippen LogP contribution in [0, 0.1) is 5.82 Å². The number of aliphatic hydroxyl groups is 2. The van der Waals surface area contributed by atoms with Gasteiger partial charge in [-0.2, -0.15) is 5.10 Å². The van der Waals surface area contributed by atoms with Gasteiger partial charge in [-0.1, -0.05) is 24.3 Å². The third kappa shape index (κ3) is 5.67. The van der Waals surface area contributed by atoms with Crippen molar-refractivity contribution in [3.05, 3.63) is 77.2 Å². The maximum absolute atomic E-state index is 13.5. The lowest BCUT2D eigenvalue weighted by Crippen LogP contribution is -2.51. The van der Waals surface area contributed by atoms with Crippen LogP contribution >= 0.6 is 0 Å². The third-order valence-corrected chi connectivity index (χ3v) is 5.77. The maximum atomic E-state index is 13.5. The summed E-state index contributed by atoms with van der Waals surface area (Å²) in [4.78, 5) is 26.5. The first-order valence-electron chi connectivity index (χ1n) is 11.0. The van der Waals surface area contributed by atoms with Crippen LogP contribution in [0.4, 0.5) is 10.1 Å². The Kier molecular flexibility index (Phi) is 8.14. The fourth-order valence-corrected chi connectivity index (χ4v) is 3.83. The molecular weight excluding hydrogens is 439 g/mol. The minimum absolute atomic E-state index is 0.101. The summed E-state index contributed by atoms with van der Waals surface area (Å²) in [5.41, 5.74) is 3.10. The maximum Gasteiger partial charge on any atom is 0.255 e. The van der Waals surface area contributed by atoms with Gasteiger partial charge in [0.25, 0.3) is 11.8 Å². The fraction of sp³-hybridized carbons (Fsp3) is 0.320. The Balaban J connectivity index is 1.60. The smallest absolute Gasteiger partial charge is 0.255 e. The van der Waals surface area contributed by atoms with Gasteiger partial charge >= 0.3 is 0 Å². The molecule has 0 aliphatic carbocycles. The van der Waals surface area contributed by atoms with E-state index in [1.54, 1.807) is 48.5 Å². The van der Waals surface area contributed by atoms with Crippen molar-refractivity contribution in [1.29, 1.82) is 0 Å². The zero-order chi connectivity index (χ0) is 24.8. The summed E-state index contributed by atoms with van der Waals surface area (Å²) in [6.07, 6.45) is 0.187. The van der Waals surface area contributed by atoms with Crippen molar-refractivity contribution < 1.29 is 24.2 Å². The van der Waals surface area contributed by atoms with Crippen molar-refractivity contribution in [2.75, 3.05) is 11.6 Å². The molecule has 8 nitrogen and oxygen atoms in total. The van der Waals surface area contributed by atoms with E-state index < -0.39 is 35.9 Å². The molecule has 1 aliphatic heterocycles. The first-order valence-corrected chi connectivity index (χ1v) is 11.0. The van der Waals surface area contributed by atoms with Crippen LogP contribution in [0.1, 0.15) is 36.6 Å². The highest BCUT2D eigenvalue weighted by molar-refractivity contribution is 5.91. The van der Waals surface area contributed by atoms with E-state index >= 15 is 0 Å². The summed E-state index contributed by atoms with van der Waals surface area (Å²) in [5.74, 6) is -2.06. The number of fused-ring (bicyclic) bond motifs is 1. The predicted molar refractivity (Wildman–Crippen MR) is 127 cm³/mol. The van der Waals surface area contributed by atoms with Gasteiger partial charge in [0, 0.05) is 26.0 Å². The average Bonchev–Trinajstić information content (AvgIpc) is 2.85. The second kappa shape index (κ2) is 11.0. The molecule has 1 heterocycles. The van der Waals surface area contributed by atoms with Crippen LogP contribution in [0.3, 0.4) is 0 Å². The van der Waals surface area contributed by atoms with Gasteiger partial charge in [-0.3, -0.25) is 9.59 Å². The Labute approximate surface area is 198 Å². The zero-order valence-electron chi connectivity index (χ0n) is 19.2. The lowest BCUT2D eigenvalue weighted by atomic mass is 9.98. The summed E-state index contributed by atoms with van der Waals surface area (Å²) in [6.45, 7) is 7.50. The van der Waals surface area contributed by atoms with E-state index in [9.17, 15) is 24.2 Å². The number of rotatable bonds is 8. The summed E-state index contributed by atoms with van der Waals surface area (Å²) in [6, 6.07) is 11.1. The number of nitrogens with one attached hydrogen (secondary N) is 1. The Bertz CT molecular complexity index is 1070. The Morgan fingerprint density at radius 3 is 2.53 bits per heavy atom. The number of benzene rings is 2. The molecule has 0 unspecified atom stereocenters. The van der Waals surface area contributed by atoms with Crippen molar-refractivity contribution >= 4 is 24.2 Å². The van der Waals surface area contributed by atoms with Crippen LogP contribution in [-0.4, -0.2) is 52.4 Å². The Morgan fingerprint density at radius 2 is 1.88 bits per heavy atom. The molecule has 0 radical (unpaired) electrons. The van der Waals surface area contributed by atoms with Crippen molar-refractivity contribution in [3.63, 3.8) is 0 Å². The first-order chi connectivity index (χ1) is 16.2. The van der Waals surface area contributed by atoms with Gasteiger partial charge in [0.2, 0.25) is 0 Å². The number of nitrogens with zero attached hydrogens (tertiary/aromatic N) is 3. The fourth-order valence-electron chi connectivity index (χ4n) is 3.83. The number of hydrogen-bond donors (Lipinski definition) is 3. The SMILES string of the molecule is C=NN(/C=C\C)c1ccc([C@@H](C)NC(=O)[C@H](O)[C@@H](O)C(=O)N2CCc3ccc(F)cc3C2)cc1. The minimum atomic E-state index is -1.95. The van der Waals surface area contributed by atoms with Gasteiger partial charge in [0.15, 0.2) is 12.2 Å². The third-order valence-electron chi connectivity index (χ3n) is 5.77. The highest BCUT2D eigenvalue weighted by Gasteiger charge is 2.35. The molecule has 0 saturated carbocycles. The lowest BCUT2D eigenvalue weighted by molar-refractivity contribution is -0.154. The predicted octanol–water partition coefficient (Wildman–Crippen LogP) is 2.27. The summed E-state index contributed by atoms with van der Waals surface area (Å²) in [5, 5.41) is 28.8. The van der Waals surface area contributed by atoms with Crippen molar-refractivity contribution in [1.82, 2.24) is 10.2 Å². The van der Waals surface area contributed by atoms with E-state index in [0.717, 1.165) is 16.8 Å². The summed E-state index contributed by atoms with van der Waals surface area (Å²) in [7, 11) is 0. The molecule has 0 fully saturated rings. The molecule has 0 aromatic heterocycles. The molecule has 180 valence electrons. The molecular formula is C25H29FN4O4. The Morgan fingerprint density at radius 1 is 1.18 bits per heavy atom. The van der Waals surface area contributed by atoms with Gasteiger partial charge in [0.05, 0.1) is 11.7 Å². The number of carbonyl (C=O) groups is 2. The molecule has 0 spiro atoms. The highest BCUT2D eigenvalue weighted by Crippen LogP contribution is 2.22. The molecule has 3 rings (SSSR count). The van der Waals surface area contributed by atoms with Crippen LogP contribution in [0.25, 0.3) is 0 Å². The van der Waals surface area contributed by atoms with E-state index in [2.05, 4.69) is 17.1 Å². The molecule has 9 heteroatoms. The van der Waals surface area contributed by atoms with E-state index in [-0.39, 0.29) is 6.54 Å². The molecule has 34 heavy (non-hydrogen) atoms. The van der Waals surface area contributed by atoms with Crippen LogP contribution < -0.4 is 10.3 Å². The molecule has 0 bridgehead atoms. The zero-order valence-corrected chi connectivity index (χ0v) is 19.2. The normalized spacial score (nSPS) is 15.9. The molecule has 2 aromatic carbocycles. The molecule has 3 N–H and O–H groups in total. The number of hydrogen-bond acceptors (Lipinski definition) is 6. The molecule has 2 amide bonds. The number of allylic oxidation sites excluding steroid dienone is 1. The average molecular weight is 469 g/mol. The monoisotopic (exact) mass is 468 g/mol. The van der Waals surface area contributed by atoms with E-state index in [1.165, 1.54) is 17.0 Å². The first kappa shape index (κ1) is 25.1. The van der Waals surface area contributed by atoms with Crippen LogP contribution in [0.2, 0.25) is 0 Å². The van der Waals surface area contributed by atoms with E-state index in [4.69, 9.17) is 0 Å². The summed E-state index contributed by atoms with van der Waals surface area (Å²) >= 11 is 0. The van der Waals surface area contributed by atoms with Gasteiger partial charge in [0.1, 0.15) is 5.82 Å². The number of anilines is 1. The topological polar surface area (TPSA) is 105 Å². The van der Waals surface area contributed by atoms with Gasteiger partial charge in [-0.05, 0) is 61.2 Å². The Hall–Kier alpha value is -3.56. The molecule has 0 saturated heterocycles. The number of carbonyl (C=O) groups excluding carboxylic acids is 2. The second-order valence-electron chi connectivity index (χ2n) is 8.10. The van der Waals surface area contributed by atoms with Crippen molar-refractivity contribution in [2.24, 2.45) is 5.10 Å². The van der Waals surface area contributed by atoms with Gasteiger partial charge in [-0.25, -0.2) is 9.40 Å². The number of hydrazone groups is 1. The minimum Gasteiger partial charge on any atom is -0.380 e. The standard InChI is InChI=1S/C25H29FN4O4/c1-4-12-30(27-3)21-9-6-17(7-10-21)16(2)28-24(33)22(31)23(32)25(34)29-13-11-18-5-8-20(26)14-19(18)15-29/h4-10,12,14,16,22-23,31-32H,3,11,13,15H2,1-2H3,(H,28,33)/b12-4-/t16-,22-,23-/m1/s1. The quantitative estimate of drug-likeness (QED) is 0.407. The van der Waals surface area contributed by atoms with Crippen LogP contribution in [0.15, 0.2) is 59.8 Å². The van der Waals surface area contributed by atoms with Gasteiger partial charge in [-0.15, -0.1) is 0 Å². The van der Waals surface area contributed by atoms with Crippen molar-refractivity contribution in [2.45, 2.75) is 45.1 Å². The number of halogens is 1. The molecule has 2 aromatic rings. The highest BCUT2D eigenvalue weighted by atomic mass is 19.1. The largest absolute Gasteiger partial charge is 0.380 e. The summed E-state index contributed by atoms with van der Waals surface area (Å²) < 4.78 is 13.5. The molecule has 1 aliphatic rings. The van der Waals surface area contributed by atoms with Crippen LogP contribution in [-0.2, 0) is 22.6 Å². The van der Waals surface area contributed by atoms with E-state index in [0.29, 0.717) is 18.5 Å². The molecule has 3 atom stereocenters. The number of aliphatic hydroxyl groups excluding tert-OH is 2.